The van der Waals surface area contributed by atoms with E-state index < -0.39 is 0 Å². The summed E-state index contributed by atoms with van der Waals surface area (Å²) < 4.78 is 5.18. The topological polar surface area (TPSA) is 39.2 Å². The van der Waals surface area contributed by atoms with Crippen molar-refractivity contribution < 1.29 is 4.42 Å². The van der Waals surface area contributed by atoms with Crippen LogP contribution in [0.5, 0.6) is 0 Å². The Morgan fingerprint density at radius 1 is 1.58 bits per heavy atom. The monoisotopic (exact) mass is 187 g/mol. The van der Waals surface area contributed by atoms with Crippen LogP contribution in [0.2, 0.25) is 5.22 Å². The second kappa shape index (κ2) is 4.53. The van der Waals surface area contributed by atoms with Gasteiger partial charge in [0.05, 0.1) is 6.04 Å². The molecular formula is C9H14ClNO. The minimum Gasteiger partial charge on any atom is -0.448 e. The number of halogens is 1. The first-order chi connectivity index (χ1) is 5.74. The van der Waals surface area contributed by atoms with Crippen LogP contribution in [0.15, 0.2) is 16.5 Å². The van der Waals surface area contributed by atoms with E-state index in [0.29, 0.717) is 5.22 Å². The zero-order valence-corrected chi connectivity index (χ0v) is 7.97. The summed E-state index contributed by atoms with van der Waals surface area (Å²) in [4.78, 5) is 0. The molecule has 1 heterocycles. The number of hydrogen-bond donors (Lipinski definition) is 1. The van der Waals surface area contributed by atoms with Gasteiger partial charge >= 0.3 is 0 Å². The summed E-state index contributed by atoms with van der Waals surface area (Å²) >= 11 is 5.62. The van der Waals surface area contributed by atoms with E-state index in [2.05, 4.69) is 6.92 Å². The molecule has 68 valence electrons. The van der Waals surface area contributed by atoms with Crippen LogP contribution < -0.4 is 5.73 Å². The van der Waals surface area contributed by atoms with Crippen molar-refractivity contribution in [3.05, 3.63) is 23.1 Å². The molecule has 12 heavy (non-hydrogen) atoms. The van der Waals surface area contributed by atoms with Crippen LogP contribution >= 0.6 is 11.6 Å². The quantitative estimate of drug-likeness (QED) is 0.787. The van der Waals surface area contributed by atoms with Crippen LogP contribution in [-0.4, -0.2) is 0 Å². The van der Waals surface area contributed by atoms with E-state index in [-0.39, 0.29) is 6.04 Å². The van der Waals surface area contributed by atoms with Crippen LogP contribution in [0.1, 0.15) is 38.0 Å². The summed E-state index contributed by atoms with van der Waals surface area (Å²) in [6, 6.07) is 3.56. The minimum absolute atomic E-state index is 0.00236. The van der Waals surface area contributed by atoms with Gasteiger partial charge < -0.3 is 10.2 Å². The number of furan rings is 1. The van der Waals surface area contributed by atoms with Crippen molar-refractivity contribution in [1.29, 1.82) is 0 Å². The van der Waals surface area contributed by atoms with Crippen LogP contribution in [-0.2, 0) is 0 Å². The first kappa shape index (κ1) is 9.62. The zero-order chi connectivity index (χ0) is 8.97. The second-order valence-corrected chi connectivity index (χ2v) is 3.26. The molecule has 1 rings (SSSR count). The summed E-state index contributed by atoms with van der Waals surface area (Å²) in [5, 5.41) is 0.414. The van der Waals surface area contributed by atoms with Crippen LogP contribution in [0.25, 0.3) is 0 Å². The lowest BCUT2D eigenvalue weighted by molar-refractivity contribution is 0.446. The molecule has 0 saturated carbocycles. The van der Waals surface area contributed by atoms with Gasteiger partial charge in [0, 0.05) is 0 Å². The number of unbranched alkanes of at least 4 members (excludes halogenated alkanes) is 1. The Morgan fingerprint density at radius 3 is 2.83 bits per heavy atom. The van der Waals surface area contributed by atoms with E-state index >= 15 is 0 Å². The largest absolute Gasteiger partial charge is 0.448 e. The van der Waals surface area contributed by atoms with Gasteiger partial charge in [-0.25, -0.2) is 0 Å². The Morgan fingerprint density at radius 2 is 2.33 bits per heavy atom. The lowest BCUT2D eigenvalue weighted by Gasteiger charge is -2.06. The van der Waals surface area contributed by atoms with Crippen LogP contribution in [0.4, 0.5) is 0 Å². The Kier molecular flexibility index (Phi) is 3.63. The predicted molar refractivity (Wildman–Crippen MR) is 50.2 cm³/mol. The lowest BCUT2D eigenvalue weighted by atomic mass is 10.1. The summed E-state index contributed by atoms with van der Waals surface area (Å²) in [7, 11) is 0. The van der Waals surface area contributed by atoms with Gasteiger partial charge in [0.2, 0.25) is 0 Å². The van der Waals surface area contributed by atoms with E-state index in [4.69, 9.17) is 21.8 Å². The average molecular weight is 188 g/mol. The predicted octanol–water partition coefficient (Wildman–Crippen LogP) is 3.12. The Balaban J connectivity index is 2.47. The van der Waals surface area contributed by atoms with Crippen molar-refractivity contribution in [2.45, 2.75) is 32.2 Å². The molecule has 0 bridgehead atoms. The third-order valence-corrected chi connectivity index (χ3v) is 2.03. The van der Waals surface area contributed by atoms with Crippen molar-refractivity contribution >= 4 is 11.6 Å². The highest BCUT2D eigenvalue weighted by molar-refractivity contribution is 6.28. The molecule has 0 radical (unpaired) electrons. The molecule has 1 aromatic rings. The third-order valence-electron chi connectivity index (χ3n) is 1.83. The third kappa shape index (κ3) is 2.54. The van der Waals surface area contributed by atoms with Crippen molar-refractivity contribution in [2.75, 3.05) is 0 Å². The smallest absolute Gasteiger partial charge is 0.193 e. The minimum atomic E-state index is -0.00236. The van der Waals surface area contributed by atoms with Crippen LogP contribution in [0.3, 0.4) is 0 Å². The maximum absolute atomic E-state index is 5.84. The molecule has 0 spiro atoms. The summed E-state index contributed by atoms with van der Waals surface area (Å²) in [5.74, 6) is 0.786. The maximum Gasteiger partial charge on any atom is 0.193 e. The Bertz CT molecular complexity index is 234. The molecule has 0 saturated heterocycles. The van der Waals surface area contributed by atoms with Crippen molar-refractivity contribution in [3.63, 3.8) is 0 Å². The molecule has 2 N–H and O–H groups in total. The van der Waals surface area contributed by atoms with Crippen molar-refractivity contribution in [1.82, 2.24) is 0 Å². The van der Waals surface area contributed by atoms with Gasteiger partial charge in [-0.05, 0) is 30.2 Å². The normalized spacial score (nSPS) is 13.2. The molecule has 0 aliphatic heterocycles. The van der Waals surface area contributed by atoms with Gasteiger partial charge in [0.15, 0.2) is 5.22 Å². The van der Waals surface area contributed by atoms with Crippen molar-refractivity contribution in [3.8, 4) is 0 Å². The number of hydrogen-bond acceptors (Lipinski definition) is 2. The molecule has 3 heteroatoms. The molecule has 2 nitrogen and oxygen atoms in total. The number of nitrogens with two attached hydrogens (primary N) is 1. The van der Waals surface area contributed by atoms with Gasteiger partial charge in [-0.3, -0.25) is 0 Å². The van der Waals surface area contributed by atoms with Gasteiger partial charge in [-0.2, -0.15) is 0 Å². The molecule has 1 aromatic heterocycles. The summed E-state index contributed by atoms with van der Waals surface area (Å²) in [6.45, 7) is 2.14. The lowest BCUT2D eigenvalue weighted by Crippen LogP contribution is -2.08. The summed E-state index contributed by atoms with van der Waals surface area (Å²) in [5.41, 5.74) is 5.84. The van der Waals surface area contributed by atoms with Crippen LogP contribution in [0, 0.1) is 0 Å². The van der Waals surface area contributed by atoms with Gasteiger partial charge in [-0.1, -0.05) is 19.8 Å². The van der Waals surface area contributed by atoms with Gasteiger partial charge in [0.1, 0.15) is 5.76 Å². The Hall–Kier alpha value is -0.470. The maximum atomic E-state index is 5.84. The molecule has 0 amide bonds. The standard InChI is InChI=1S/C9H14ClNO/c1-2-3-4-7(11)8-5-6-9(10)12-8/h5-7H,2-4,11H2,1H3/t7-/m1/s1. The fraction of sp³-hybridized carbons (Fsp3) is 0.556. The highest BCUT2D eigenvalue weighted by Crippen LogP contribution is 2.21. The van der Waals surface area contributed by atoms with E-state index in [9.17, 15) is 0 Å². The molecule has 0 aliphatic carbocycles. The molecular weight excluding hydrogens is 174 g/mol. The van der Waals surface area contributed by atoms with E-state index in [0.717, 1.165) is 25.0 Å². The first-order valence-electron chi connectivity index (χ1n) is 4.25. The second-order valence-electron chi connectivity index (χ2n) is 2.89. The fourth-order valence-electron chi connectivity index (χ4n) is 1.09. The molecule has 0 fully saturated rings. The number of rotatable bonds is 4. The zero-order valence-electron chi connectivity index (χ0n) is 7.22. The first-order valence-corrected chi connectivity index (χ1v) is 4.62. The van der Waals surface area contributed by atoms with Gasteiger partial charge in [-0.15, -0.1) is 0 Å². The van der Waals surface area contributed by atoms with E-state index in [1.807, 2.05) is 6.07 Å². The molecule has 0 aliphatic rings. The van der Waals surface area contributed by atoms with Gasteiger partial charge in [0.25, 0.3) is 0 Å². The van der Waals surface area contributed by atoms with E-state index in [1.165, 1.54) is 0 Å². The molecule has 1 atom stereocenters. The van der Waals surface area contributed by atoms with E-state index in [1.54, 1.807) is 6.07 Å². The average Bonchev–Trinajstić information content (AvgIpc) is 2.47. The SMILES string of the molecule is CCCC[C@@H](N)c1ccc(Cl)o1. The fourth-order valence-corrected chi connectivity index (χ4v) is 1.25. The highest BCUT2D eigenvalue weighted by atomic mass is 35.5. The Labute approximate surface area is 77.7 Å². The molecule has 0 unspecified atom stereocenters. The summed E-state index contributed by atoms with van der Waals surface area (Å²) in [6.07, 6.45) is 3.24. The molecule has 0 aromatic carbocycles. The van der Waals surface area contributed by atoms with Crippen molar-refractivity contribution in [2.24, 2.45) is 5.73 Å². The highest BCUT2D eigenvalue weighted by Gasteiger charge is 2.08.